The van der Waals surface area contributed by atoms with Gasteiger partial charge in [0.1, 0.15) is 5.75 Å². The molecule has 3 rings (SSSR count). The predicted molar refractivity (Wildman–Crippen MR) is 73.6 cm³/mol. The Kier molecular flexibility index (Phi) is 3.91. The number of nitrogens with one attached hydrogen (secondary N) is 1. The van der Waals surface area contributed by atoms with Gasteiger partial charge in [-0.2, -0.15) is 0 Å². The molecule has 0 radical (unpaired) electrons. The van der Waals surface area contributed by atoms with E-state index >= 15 is 0 Å². The van der Waals surface area contributed by atoms with Crippen LogP contribution in [0.15, 0.2) is 24.3 Å². The third kappa shape index (κ3) is 3.75. The van der Waals surface area contributed by atoms with Gasteiger partial charge in [-0.3, -0.25) is 9.59 Å². The van der Waals surface area contributed by atoms with Crippen molar-refractivity contribution in [2.45, 2.75) is 18.7 Å². The van der Waals surface area contributed by atoms with Crippen LogP contribution in [0.1, 0.15) is 17.9 Å². The Balaban J connectivity index is 1.59. The van der Waals surface area contributed by atoms with Crippen molar-refractivity contribution in [3.63, 3.8) is 0 Å². The maximum absolute atomic E-state index is 12.3. The largest absolute Gasteiger partial charge is 0.573 e. The highest BCUT2D eigenvalue weighted by Gasteiger charge is 2.46. The van der Waals surface area contributed by atoms with Crippen molar-refractivity contribution in [1.29, 1.82) is 0 Å². The highest BCUT2D eigenvalue weighted by Crippen LogP contribution is 2.48. The number of rotatable bonds is 3. The third-order valence-corrected chi connectivity index (χ3v) is 4.00. The van der Waals surface area contributed by atoms with E-state index in [1.54, 1.807) is 12.1 Å². The van der Waals surface area contributed by atoms with Crippen LogP contribution in [-0.2, 0) is 9.59 Å². The van der Waals surface area contributed by atoms with Crippen LogP contribution < -0.4 is 10.1 Å². The van der Waals surface area contributed by atoms with E-state index in [1.165, 1.54) is 17.0 Å². The summed E-state index contributed by atoms with van der Waals surface area (Å²) in [6.45, 7) is 1.01. The lowest BCUT2D eigenvalue weighted by atomic mass is 10.1. The van der Waals surface area contributed by atoms with Crippen LogP contribution in [0, 0.1) is 5.92 Å². The van der Waals surface area contributed by atoms with Crippen molar-refractivity contribution in [2.75, 3.05) is 19.6 Å². The average Bonchev–Trinajstić information content (AvgIpc) is 3.26. The zero-order chi connectivity index (χ0) is 16.6. The number of carbonyl (C=O) groups excluding carboxylic acids is 2. The van der Waals surface area contributed by atoms with Gasteiger partial charge in [0.15, 0.2) is 0 Å². The molecule has 1 aromatic carbocycles. The Hall–Kier alpha value is -2.25. The Morgan fingerprint density at radius 1 is 1.26 bits per heavy atom. The molecule has 1 aromatic rings. The number of ether oxygens (including phenoxy) is 1. The summed E-state index contributed by atoms with van der Waals surface area (Å²) < 4.78 is 40.2. The first-order chi connectivity index (χ1) is 10.8. The number of hydrogen-bond acceptors (Lipinski definition) is 3. The molecule has 1 saturated carbocycles. The Labute approximate surface area is 130 Å². The van der Waals surface area contributed by atoms with Crippen LogP contribution >= 0.6 is 0 Å². The van der Waals surface area contributed by atoms with E-state index in [4.69, 9.17) is 0 Å². The lowest BCUT2D eigenvalue weighted by Gasteiger charge is -2.26. The minimum absolute atomic E-state index is 0.00701. The first-order valence-electron chi connectivity index (χ1n) is 7.25. The molecule has 2 amide bonds. The highest BCUT2D eigenvalue weighted by atomic mass is 19.4. The van der Waals surface area contributed by atoms with Crippen molar-refractivity contribution in [2.24, 2.45) is 5.92 Å². The third-order valence-electron chi connectivity index (χ3n) is 4.00. The predicted octanol–water partition coefficient (Wildman–Crippen LogP) is 1.65. The topological polar surface area (TPSA) is 58.6 Å². The van der Waals surface area contributed by atoms with E-state index in [0.29, 0.717) is 19.5 Å². The van der Waals surface area contributed by atoms with Gasteiger partial charge in [0, 0.05) is 19.0 Å². The van der Waals surface area contributed by atoms with Gasteiger partial charge in [-0.1, -0.05) is 12.1 Å². The Bertz CT molecular complexity index is 615. The number of hydrogen-bond donors (Lipinski definition) is 1. The molecule has 8 heteroatoms. The lowest BCUT2D eigenvalue weighted by molar-refractivity contribution is -0.274. The second-order valence-electron chi connectivity index (χ2n) is 5.68. The molecule has 0 unspecified atom stereocenters. The Morgan fingerprint density at radius 2 is 1.96 bits per heavy atom. The lowest BCUT2D eigenvalue weighted by Crippen LogP contribution is -2.50. The molecule has 5 nitrogen and oxygen atoms in total. The maximum Gasteiger partial charge on any atom is 0.573 e. The van der Waals surface area contributed by atoms with Crippen LogP contribution in [0.2, 0.25) is 0 Å². The van der Waals surface area contributed by atoms with Crippen LogP contribution in [-0.4, -0.2) is 42.7 Å². The second kappa shape index (κ2) is 5.75. The molecule has 1 saturated heterocycles. The van der Waals surface area contributed by atoms with Crippen LogP contribution in [0.3, 0.4) is 0 Å². The van der Waals surface area contributed by atoms with Gasteiger partial charge in [-0.15, -0.1) is 13.2 Å². The van der Waals surface area contributed by atoms with Gasteiger partial charge in [0.2, 0.25) is 11.8 Å². The summed E-state index contributed by atoms with van der Waals surface area (Å²) in [5.74, 6) is -0.726. The SMILES string of the molecule is O=C1CN(C(=O)[C@@H]2C[C@@H]2c2ccc(OC(F)(F)F)cc2)CCN1. The number of amides is 2. The van der Waals surface area contributed by atoms with Gasteiger partial charge in [-0.25, -0.2) is 0 Å². The molecule has 1 heterocycles. The summed E-state index contributed by atoms with van der Waals surface area (Å²) in [5.41, 5.74) is 0.805. The summed E-state index contributed by atoms with van der Waals surface area (Å²) in [6, 6.07) is 5.58. The first kappa shape index (κ1) is 15.6. The number of carbonyl (C=O) groups is 2. The van der Waals surface area contributed by atoms with Gasteiger partial charge >= 0.3 is 6.36 Å². The average molecular weight is 328 g/mol. The molecule has 1 aliphatic heterocycles. The quantitative estimate of drug-likeness (QED) is 0.918. The highest BCUT2D eigenvalue weighted by molar-refractivity contribution is 5.89. The first-order valence-corrected chi connectivity index (χ1v) is 7.25. The summed E-state index contributed by atoms with van der Waals surface area (Å²) in [5, 5.41) is 2.66. The molecule has 1 N–H and O–H groups in total. The summed E-state index contributed by atoms with van der Waals surface area (Å²) in [7, 11) is 0. The number of halogens is 3. The zero-order valence-electron chi connectivity index (χ0n) is 12.1. The molecule has 23 heavy (non-hydrogen) atoms. The van der Waals surface area contributed by atoms with Crippen LogP contribution in [0.4, 0.5) is 13.2 Å². The summed E-state index contributed by atoms with van der Waals surface area (Å²) >= 11 is 0. The van der Waals surface area contributed by atoms with E-state index in [2.05, 4.69) is 10.1 Å². The van der Waals surface area contributed by atoms with E-state index in [9.17, 15) is 22.8 Å². The molecule has 0 spiro atoms. The molecule has 2 aliphatic rings. The minimum atomic E-state index is -4.71. The van der Waals surface area contributed by atoms with E-state index in [1.807, 2.05) is 0 Å². The number of alkyl halides is 3. The van der Waals surface area contributed by atoms with E-state index in [0.717, 1.165) is 5.56 Å². The van der Waals surface area contributed by atoms with Gasteiger partial charge < -0.3 is 15.0 Å². The molecule has 124 valence electrons. The molecule has 2 fully saturated rings. The fourth-order valence-corrected chi connectivity index (χ4v) is 2.81. The number of benzene rings is 1. The van der Waals surface area contributed by atoms with Gasteiger partial charge in [0.25, 0.3) is 0 Å². The fraction of sp³-hybridized carbons (Fsp3) is 0.467. The second-order valence-corrected chi connectivity index (χ2v) is 5.68. The summed E-state index contributed by atoms with van der Waals surface area (Å²) in [6.07, 6.45) is -4.06. The maximum atomic E-state index is 12.3. The zero-order valence-corrected chi connectivity index (χ0v) is 12.1. The monoisotopic (exact) mass is 328 g/mol. The van der Waals surface area contributed by atoms with Gasteiger partial charge in [-0.05, 0) is 30.0 Å². The standard InChI is InChI=1S/C15H15F3N2O3/c16-15(17,18)23-10-3-1-9(2-4-10)11-7-12(11)14(22)20-6-5-19-13(21)8-20/h1-4,11-12H,5-8H2,(H,19,21)/t11-,12-/m1/s1. The molecular weight excluding hydrogens is 313 g/mol. The smallest absolute Gasteiger partial charge is 0.406 e. The normalized spacial score (nSPS) is 24.1. The summed E-state index contributed by atoms with van der Waals surface area (Å²) in [4.78, 5) is 25.2. The molecule has 2 atom stereocenters. The van der Waals surface area contributed by atoms with E-state index in [-0.39, 0.29) is 35.9 Å². The van der Waals surface area contributed by atoms with Crippen molar-refractivity contribution in [1.82, 2.24) is 10.2 Å². The number of piperazine rings is 1. The molecule has 0 bridgehead atoms. The van der Waals surface area contributed by atoms with Crippen molar-refractivity contribution in [3.05, 3.63) is 29.8 Å². The molecular formula is C15H15F3N2O3. The minimum Gasteiger partial charge on any atom is -0.406 e. The Morgan fingerprint density at radius 3 is 2.57 bits per heavy atom. The van der Waals surface area contributed by atoms with Crippen molar-refractivity contribution in [3.8, 4) is 5.75 Å². The van der Waals surface area contributed by atoms with Crippen molar-refractivity contribution < 1.29 is 27.5 Å². The number of nitrogens with zero attached hydrogens (tertiary/aromatic N) is 1. The van der Waals surface area contributed by atoms with Crippen molar-refractivity contribution >= 4 is 11.8 Å². The van der Waals surface area contributed by atoms with Crippen LogP contribution in [0.25, 0.3) is 0 Å². The van der Waals surface area contributed by atoms with Crippen LogP contribution in [0.5, 0.6) is 5.75 Å². The van der Waals surface area contributed by atoms with E-state index < -0.39 is 6.36 Å². The fourth-order valence-electron chi connectivity index (χ4n) is 2.81. The molecule has 0 aromatic heterocycles. The van der Waals surface area contributed by atoms with Gasteiger partial charge in [0.05, 0.1) is 6.54 Å². The molecule has 1 aliphatic carbocycles.